The van der Waals surface area contributed by atoms with Crippen LogP contribution in [0.3, 0.4) is 0 Å². The summed E-state index contributed by atoms with van der Waals surface area (Å²) in [7, 11) is 0. The predicted octanol–water partition coefficient (Wildman–Crippen LogP) is 0.327. The third-order valence-corrected chi connectivity index (χ3v) is 3.73. The molecule has 1 aliphatic heterocycles. The predicted molar refractivity (Wildman–Crippen MR) is 76.8 cm³/mol. The minimum absolute atomic E-state index is 0.254. The molecule has 2 N–H and O–H groups in total. The van der Waals surface area contributed by atoms with Crippen LogP contribution in [0, 0.1) is 0 Å². The molecule has 7 heteroatoms. The molecule has 0 radical (unpaired) electrons. The van der Waals surface area contributed by atoms with Crippen LogP contribution in [0.2, 0.25) is 0 Å². The number of amides is 1. The van der Waals surface area contributed by atoms with Gasteiger partial charge in [0.15, 0.2) is 5.82 Å². The highest BCUT2D eigenvalue weighted by Crippen LogP contribution is 2.28. The number of nitrogens with two attached hydrogens (primary N) is 1. The van der Waals surface area contributed by atoms with E-state index >= 15 is 0 Å². The fourth-order valence-electron chi connectivity index (χ4n) is 2.86. The molecule has 3 rings (SSSR count). The highest BCUT2D eigenvalue weighted by atomic mass is 16.1. The lowest BCUT2D eigenvalue weighted by atomic mass is 9.94. The first kappa shape index (κ1) is 13.7. The molecule has 1 amide bonds. The molecule has 1 atom stereocenters. The highest BCUT2D eigenvalue weighted by molar-refractivity contribution is 5.75. The van der Waals surface area contributed by atoms with Gasteiger partial charge in [-0.1, -0.05) is 0 Å². The Morgan fingerprint density at radius 1 is 1.33 bits per heavy atom. The van der Waals surface area contributed by atoms with Crippen LogP contribution >= 0.6 is 0 Å². The van der Waals surface area contributed by atoms with Gasteiger partial charge in [-0.25, -0.2) is 9.97 Å². The third kappa shape index (κ3) is 3.08. The number of carbonyl (C=O) groups is 1. The molecule has 1 fully saturated rings. The molecule has 2 aromatic heterocycles. The molecule has 0 spiro atoms. The summed E-state index contributed by atoms with van der Waals surface area (Å²) in [6, 6.07) is 0. The van der Waals surface area contributed by atoms with Gasteiger partial charge in [-0.05, 0) is 19.4 Å². The minimum Gasteiger partial charge on any atom is -0.369 e. The van der Waals surface area contributed by atoms with Gasteiger partial charge in [0, 0.05) is 37.3 Å². The van der Waals surface area contributed by atoms with Crippen LogP contribution in [0.15, 0.2) is 31.1 Å². The molecule has 1 saturated heterocycles. The summed E-state index contributed by atoms with van der Waals surface area (Å²) in [5, 5.41) is 0. The fourth-order valence-corrected chi connectivity index (χ4v) is 2.86. The maximum atomic E-state index is 11.1. The molecule has 21 heavy (non-hydrogen) atoms. The standard InChI is InChI=1S/C14H18N6O/c15-12(21)9-19-6-1-2-11(8-19)13-14(18-4-3-17-13)20-7-5-16-10-20/h3-5,7,10-11H,1-2,6,8-9H2,(H2,15,21). The summed E-state index contributed by atoms with van der Waals surface area (Å²) >= 11 is 0. The van der Waals surface area contributed by atoms with Crippen LogP contribution in [0.5, 0.6) is 0 Å². The Bertz CT molecular complexity index is 612. The highest BCUT2D eigenvalue weighted by Gasteiger charge is 2.26. The molecule has 1 unspecified atom stereocenters. The van der Waals surface area contributed by atoms with Gasteiger partial charge in [0.25, 0.3) is 0 Å². The zero-order valence-corrected chi connectivity index (χ0v) is 11.7. The molecule has 2 aromatic rings. The number of hydrogen-bond acceptors (Lipinski definition) is 5. The van der Waals surface area contributed by atoms with Crippen molar-refractivity contribution in [1.29, 1.82) is 0 Å². The van der Waals surface area contributed by atoms with Gasteiger partial charge in [0.05, 0.1) is 12.2 Å². The van der Waals surface area contributed by atoms with Crippen molar-refractivity contribution in [1.82, 2.24) is 24.4 Å². The Morgan fingerprint density at radius 3 is 2.95 bits per heavy atom. The lowest BCUT2D eigenvalue weighted by Crippen LogP contribution is -2.40. The number of imidazole rings is 1. The molecule has 1 aliphatic rings. The van der Waals surface area contributed by atoms with Crippen molar-refractivity contribution >= 4 is 5.91 Å². The Kier molecular flexibility index (Phi) is 3.92. The van der Waals surface area contributed by atoms with Gasteiger partial charge in [-0.15, -0.1) is 0 Å². The van der Waals surface area contributed by atoms with Crippen LogP contribution in [0.4, 0.5) is 0 Å². The first-order valence-corrected chi connectivity index (χ1v) is 7.04. The second kappa shape index (κ2) is 6.01. The summed E-state index contributed by atoms with van der Waals surface area (Å²) in [5.74, 6) is 0.773. The zero-order valence-electron chi connectivity index (χ0n) is 11.7. The van der Waals surface area contributed by atoms with E-state index in [0.29, 0.717) is 6.54 Å². The summed E-state index contributed by atoms with van der Waals surface area (Å²) < 4.78 is 1.87. The number of piperidine rings is 1. The molecule has 7 nitrogen and oxygen atoms in total. The van der Waals surface area contributed by atoms with Crippen LogP contribution in [-0.4, -0.2) is 50.0 Å². The van der Waals surface area contributed by atoms with Crippen LogP contribution in [0.1, 0.15) is 24.5 Å². The first-order chi connectivity index (χ1) is 10.2. The lowest BCUT2D eigenvalue weighted by Gasteiger charge is -2.31. The van der Waals surface area contributed by atoms with Crippen molar-refractivity contribution in [3.05, 3.63) is 36.8 Å². The molecule has 110 valence electrons. The summed E-state index contributed by atoms with van der Waals surface area (Å²) in [6.45, 7) is 1.99. The van der Waals surface area contributed by atoms with Crippen molar-refractivity contribution in [3.8, 4) is 5.82 Å². The SMILES string of the molecule is NC(=O)CN1CCCC(c2nccnc2-n2ccnc2)C1. The quantitative estimate of drug-likeness (QED) is 0.874. The van der Waals surface area contributed by atoms with Crippen LogP contribution in [0.25, 0.3) is 5.82 Å². The molecule has 0 saturated carbocycles. The Labute approximate surface area is 122 Å². The number of likely N-dealkylation sites (tertiary alicyclic amines) is 1. The number of rotatable bonds is 4. The van der Waals surface area contributed by atoms with Gasteiger partial charge >= 0.3 is 0 Å². The largest absolute Gasteiger partial charge is 0.369 e. The second-order valence-electron chi connectivity index (χ2n) is 5.28. The van der Waals surface area contributed by atoms with E-state index in [1.165, 1.54) is 0 Å². The van der Waals surface area contributed by atoms with E-state index < -0.39 is 0 Å². The molecular weight excluding hydrogens is 268 g/mol. The van der Waals surface area contributed by atoms with Crippen molar-refractivity contribution in [2.24, 2.45) is 5.73 Å². The van der Waals surface area contributed by atoms with Gasteiger partial charge < -0.3 is 5.73 Å². The van der Waals surface area contributed by atoms with Crippen molar-refractivity contribution in [2.45, 2.75) is 18.8 Å². The summed E-state index contributed by atoms with van der Waals surface area (Å²) in [4.78, 5) is 26.2. The second-order valence-corrected chi connectivity index (χ2v) is 5.28. The average Bonchev–Trinajstić information content (AvgIpc) is 3.01. The topological polar surface area (TPSA) is 89.9 Å². The summed E-state index contributed by atoms with van der Waals surface area (Å²) in [5.41, 5.74) is 6.24. The van der Waals surface area contributed by atoms with Gasteiger partial charge in [-0.3, -0.25) is 19.2 Å². The van der Waals surface area contributed by atoms with E-state index in [0.717, 1.165) is 37.4 Å². The van der Waals surface area contributed by atoms with Crippen LogP contribution in [-0.2, 0) is 4.79 Å². The van der Waals surface area contributed by atoms with E-state index in [1.807, 2.05) is 10.8 Å². The van der Waals surface area contributed by atoms with E-state index in [-0.39, 0.29) is 11.8 Å². The number of primary amides is 1. The van der Waals surface area contributed by atoms with Gasteiger partial charge in [-0.2, -0.15) is 0 Å². The third-order valence-electron chi connectivity index (χ3n) is 3.73. The molecule has 0 bridgehead atoms. The fraction of sp³-hybridized carbons (Fsp3) is 0.429. The molecule has 0 aliphatic carbocycles. The van der Waals surface area contributed by atoms with E-state index in [2.05, 4.69) is 19.9 Å². The number of carbonyl (C=O) groups excluding carboxylic acids is 1. The maximum Gasteiger partial charge on any atom is 0.231 e. The van der Waals surface area contributed by atoms with Crippen molar-refractivity contribution in [2.75, 3.05) is 19.6 Å². The Hall–Kier alpha value is -2.28. The number of nitrogens with zero attached hydrogens (tertiary/aromatic N) is 5. The monoisotopic (exact) mass is 286 g/mol. The normalized spacial score (nSPS) is 19.5. The van der Waals surface area contributed by atoms with Crippen molar-refractivity contribution in [3.63, 3.8) is 0 Å². The van der Waals surface area contributed by atoms with Gasteiger partial charge in [0.2, 0.25) is 5.91 Å². The minimum atomic E-state index is -0.287. The van der Waals surface area contributed by atoms with E-state index in [1.54, 1.807) is 24.9 Å². The molecule has 0 aromatic carbocycles. The van der Waals surface area contributed by atoms with E-state index in [4.69, 9.17) is 5.73 Å². The average molecular weight is 286 g/mol. The van der Waals surface area contributed by atoms with E-state index in [9.17, 15) is 4.79 Å². The molecular formula is C14H18N6O. The smallest absolute Gasteiger partial charge is 0.231 e. The lowest BCUT2D eigenvalue weighted by molar-refractivity contribution is -0.119. The summed E-state index contributed by atoms with van der Waals surface area (Å²) in [6.07, 6.45) is 10.8. The van der Waals surface area contributed by atoms with Crippen LogP contribution < -0.4 is 5.73 Å². The Morgan fingerprint density at radius 2 is 2.19 bits per heavy atom. The van der Waals surface area contributed by atoms with Gasteiger partial charge in [0.1, 0.15) is 6.33 Å². The Balaban J connectivity index is 1.85. The number of aromatic nitrogens is 4. The number of hydrogen-bond donors (Lipinski definition) is 1. The van der Waals surface area contributed by atoms with Crippen molar-refractivity contribution < 1.29 is 4.79 Å². The zero-order chi connectivity index (χ0) is 14.7. The maximum absolute atomic E-state index is 11.1. The molecule has 3 heterocycles. The first-order valence-electron chi connectivity index (χ1n) is 7.04.